The van der Waals surface area contributed by atoms with Gasteiger partial charge in [-0.05, 0) is 47.7 Å². The van der Waals surface area contributed by atoms with E-state index in [4.69, 9.17) is 16.3 Å². The van der Waals surface area contributed by atoms with Crippen molar-refractivity contribution in [3.05, 3.63) is 58.1 Å². The summed E-state index contributed by atoms with van der Waals surface area (Å²) in [6.07, 6.45) is 0. The molecule has 0 radical (unpaired) electrons. The van der Waals surface area contributed by atoms with Crippen LogP contribution in [0.15, 0.2) is 42.5 Å². The van der Waals surface area contributed by atoms with Gasteiger partial charge in [0.05, 0.1) is 16.3 Å². The molecule has 29 heavy (non-hydrogen) atoms. The van der Waals surface area contributed by atoms with Gasteiger partial charge in [0, 0.05) is 12.6 Å². The van der Waals surface area contributed by atoms with Gasteiger partial charge in [-0.2, -0.15) is 0 Å². The monoisotopic (exact) mass is 427 g/mol. The van der Waals surface area contributed by atoms with Crippen LogP contribution in [-0.2, 0) is 7.05 Å². The van der Waals surface area contributed by atoms with Gasteiger partial charge in [0.25, 0.3) is 0 Å². The molecule has 4 rings (SSSR count). The van der Waals surface area contributed by atoms with E-state index >= 15 is 0 Å². The highest BCUT2D eigenvalue weighted by Crippen LogP contribution is 2.38. The predicted molar refractivity (Wildman–Crippen MR) is 109 cm³/mol. The molecule has 0 atom stereocenters. The quantitative estimate of drug-likeness (QED) is 0.501. The number of hydrogen-bond donors (Lipinski definition) is 1. The van der Waals surface area contributed by atoms with Gasteiger partial charge in [0.15, 0.2) is 5.82 Å². The van der Waals surface area contributed by atoms with Gasteiger partial charge in [-0.25, -0.2) is 14.5 Å². The summed E-state index contributed by atoms with van der Waals surface area (Å²) in [6, 6.07) is 12.5. The molecule has 0 amide bonds. The Morgan fingerprint density at radius 3 is 2.66 bits per heavy atom. The van der Waals surface area contributed by atoms with Gasteiger partial charge < -0.3 is 9.84 Å². The van der Waals surface area contributed by atoms with Crippen molar-refractivity contribution in [3.63, 3.8) is 0 Å². The molecule has 0 spiro atoms. The largest absolute Gasteiger partial charge is 0.477 e. The topological polar surface area (TPSA) is 103 Å². The maximum atomic E-state index is 11.4. The summed E-state index contributed by atoms with van der Waals surface area (Å²) in [5, 5.41) is 22.0. The molecule has 0 aliphatic heterocycles. The molecule has 0 bridgehead atoms. The van der Waals surface area contributed by atoms with Crippen molar-refractivity contribution >= 4 is 28.9 Å². The van der Waals surface area contributed by atoms with Crippen LogP contribution in [0.5, 0.6) is 11.5 Å². The standard InChI is InChI=1S/C19H14ClN5O3S/c1-10-16(19(26)27)29-18(21-10)11-7-8-14(28-15-6-4-3-5-13(15)20)12(9-11)17-22-23-24-25(17)2/h3-9H,1-2H3,(H,26,27). The molecule has 146 valence electrons. The Kier molecular flexibility index (Phi) is 4.99. The van der Waals surface area contributed by atoms with Crippen LogP contribution >= 0.6 is 22.9 Å². The summed E-state index contributed by atoms with van der Waals surface area (Å²) in [7, 11) is 1.72. The summed E-state index contributed by atoms with van der Waals surface area (Å²) >= 11 is 7.34. The smallest absolute Gasteiger partial charge is 0.347 e. The maximum absolute atomic E-state index is 11.4. The predicted octanol–water partition coefficient (Wildman–Crippen LogP) is 4.45. The van der Waals surface area contributed by atoms with Crippen molar-refractivity contribution in [2.75, 3.05) is 0 Å². The van der Waals surface area contributed by atoms with Crippen molar-refractivity contribution in [1.82, 2.24) is 25.2 Å². The lowest BCUT2D eigenvalue weighted by atomic mass is 10.1. The number of carbonyl (C=O) groups is 1. The first kappa shape index (κ1) is 19.0. The minimum absolute atomic E-state index is 0.207. The van der Waals surface area contributed by atoms with Crippen LogP contribution < -0.4 is 4.74 Å². The van der Waals surface area contributed by atoms with Crippen LogP contribution in [0.2, 0.25) is 5.02 Å². The third-order valence-corrected chi connectivity index (χ3v) is 5.64. The first-order valence-electron chi connectivity index (χ1n) is 8.44. The number of thiazole rings is 1. The van der Waals surface area contributed by atoms with Crippen molar-refractivity contribution in [2.24, 2.45) is 7.05 Å². The Labute approximate surface area is 174 Å². The summed E-state index contributed by atoms with van der Waals surface area (Å²) in [5.74, 6) is 0.492. The number of aryl methyl sites for hydroxylation is 2. The number of carboxylic acid groups (broad SMARTS) is 1. The molecule has 0 saturated heterocycles. The lowest BCUT2D eigenvalue weighted by Gasteiger charge is -2.12. The van der Waals surface area contributed by atoms with Crippen molar-refractivity contribution in [2.45, 2.75) is 6.92 Å². The number of aromatic nitrogens is 5. The molecule has 0 aliphatic rings. The third kappa shape index (κ3) is 3.69. The van der Waals surface area contributed by atoms with Crippen LogP contribution in [-0.4, -0.2) is 36.3 Å². The number of halogens is 1. The molecule has 0 fully saturated rings. The fourth-order valence-electron chi connectivity index (χ4n) is 2.75. The van der Waals surface area contributed by atoms with E-state index in [0.717, 1.165) is 16.9 Å². The van der Waals surface area contributed by atoms with E-state index in [9.17, 15) is 9.90 Å². The fourth-order valence-corrected chi connectivity index (χ4v) is 3.82. The van der Waals surface area contributed by atoms with E-state index < -0.39 is 5.97 Å². The summed E-state index contributed by atoms with van der Waals surface area (Å²) in [4.78, 5) is 16.0. The molecule has 10 heteroatoms. The molecule has 0 aliphatic carbocycles. The highest BCUT2D eigenvalue weighted by Gasteiger charge is 2.19. The van der Waals surface area contributed by atoms with Gasteiger partial charge in [-0.1, -0.05) is 23.7 Å². The van der Waals surface area contributed by atoms with Crippen molar-refractivity contribution in [3.8, 4) is 33.5 Å². The zero-order chi connectivity index (χ0) is 20.5. The average Bonchev–Trinajstić information content (AvgIpc) is 3.29. The second-order valence-electron chi connectivity index (χ2n) is 6.11. The zero-order valence-electron chi connectivity index (χ0n) is 15.3. The molecule has 0 saturated carbocycles. The van der Waals surface area contributed by atoms with E-state index in [-0.39, 0.29) is 4.88 Å². The van der Waals surface area contributed by atoms with E-state index in [2.05, 4.69) is 20.5 Å². The Hall–Kier alpha value is -3.30. The second-order valence-corrected chi connectivity index (χ2v) is 7.51. The van der Waals surface area contributed by atoms with E-state index in [1.807, 2.05) is 24.3 Å². The number of hydrogen-bond acceptors (Lipinski definition) is 7. The second kappa shape index (κ2) is 7.61. The lowest BCUT2D eigenvalue weighted by molar-refractivity contribution is 0.0701. The SMILES string of the molecule is Cc1nc(-c2ccc(Oc3ccccc3Cl)c(-c3nnnn3C)c2)sc1C(=O)O. The van der Waals surface area contributed by atoms with E-state index in [1.165, 1.54) is 4.68 Å². The summed E-state index contributed by atoms with van der Waals surface area (Å²) in [6.45, 7) is 1.67. The van der Waals surface area contributed by atoms with Crippen LogP contribution in [0.25, 0.3) is 22.0 Å². The van der Waals surface area contributed by atoms with Crippen LogP contribution in [0.1, 0.15) is 15.4 Å². The Balaban J connectivity index is 1.83. The minimum atomic E-state index is -0.998. The number of nitrogens with zero attached hydrogens (tertiary/aromatic N) is 5. The Morgan fingerprint density at radius 1 is 1.21 bits per heavy atom. The highest BCUT2D eigenvalue weighted by molar-refractivity contribution is 7.17. The number of para-hydroxylation sites is 1. The first-order chi connectivity index (χ1) is 13.9. The first-order valence-corrected chi connectivity index (χ1v) is 9.63. The molecule has 2 aromatic carbocycles. The highest BCUT2D eigenvalue weighted by atomic mass is 35.5. The van der Waals surface area contributed by atoms with Gasteiger partial charge in [-0.15, -0.1) is 16.4 Å². The van der Waals surface area contributed by atoms with Crippen LogP contribution in [0.4, 0.5) is 0 Å². The number of carboxylic acids is 1. The number of rotatable bonds is 5. The number of benzene rings is 2. The Bertz CT molecular complexity index is 1220. The molecule has 4 aromatic rings. The molecule has 8 nitrogen and oxygen atoms in total. The minimum Gasteiger partial charge on any atom is -0.477 e. The number of ether oxygens (including phenoxy) is 1. The average molecular weight is 428 g/mol. The van der Waals surface area contributed by atoms with Crippen molar-refractivity contribution < 1.29 is 14.6 Å². The normalized spacial score (nSPS) is 10.9. The molecular formula is C19H14ClN5O3S. The summed E-state index contributed by atoms with van der Waals surface area (Å²) in [5.41, 5.74) is 1.82. The fraction of sp³-hybridized carbons (Fsp3) is 0.105. The van der Waals surface area contributed by atoms with Crippen LogP contribution in [0.3, 0.4) is 0 Å². The number of aromatic carboxylic acids is 1. The maximum Gasteiger partial charge on any atom is 0.347 e. The van der Waals surface area contributed by atoms with Gasteiger partial charge in [-0.3, -0.25) is 0 Å². The molecule has 1 N–H and O–H groups in total. The zero-order valence-corrected chi connectivity index (χ0v) is 16.9. The molecule has 0 unspecified atom stereocenters. The van der Waals surface area contributed by atoms with E-state index in [1.54, 1.807) is 32.2 Å². The Morgan fingerprint density at radius 2 is 2.00 bits per heavy atom. The van der Waals surface area contributed by atoms with Gasteiger partial charge in [0.2, 0.25) is 0 Å². The van der Waals surface area contributed by atoms with Gasteiger partial charge >= 0.3 is 5.97 Å². The molecule has 2 heterocycles. The van der Waals surface area contributed by atoms with Crippen LogP contribution in [0, 0.1) is 6.92 Å². The van der Waals surface area contributed by atoms with Crippen molar-refractivity contribution in [1.29, 1.82) is 0 Å². The molecule has 2 aromatic heterocycles. The lowest BCUT2D eigenvalue weighted by Crippen LogP contribution is -1.97. The summed E-state index contributed by atoms with van der Waals surface area (Å²) < 4.78 is 7.55. The van der Waals surface area contributed by atoms with E-state index in [0.29, 0.717) is 38.6 Å². The van der Waals surface area contributed by atoms with Gasteiger partial charge in [0.1, 0.15) is 21.4 Å². The number of tetrazole rings is 1. The third-order valence-electron chi connectivity index (χ3n) is 4.13. The molecular weight excluding hydrogens is 414 g/mol.